The van der Waals surface area contributed by atoms with E-state index in [-0.39, 0.29) is 12.5 Å². The summed E-state index contributed by atoms with van der Waals surface area (Å²) in [5.74, 6) is -1.11. The Morgan fingerprint density at radius 1 is 1.38 bits per heavy atom. The minimum Gasteiger partial charge on any atom is -0.467 e. The minimum atomic E-state index is -1.34. The van der Waals surface area contributed by atoms with E-state index in [0.29, 0.717) is 5.56 Å². The zero-order chi connectivity index (χ0) is 12.0. The molecular formula is C11H13NO4. The van der Waals surface area contributed by atoms with E-state index in [1.807, 2.05) is 0 Å². The number of methoxy groups -OCH3 is 1. The monoisotopic (exact) mass is 223 g/mol. The largest absolute Gasteiger partial charge is 0.467 e. The molecule has 1 amide bonds. The first-order chi connectivity index (χ1) is 7.65. The van der Waals surface area contributed by atoms with Gasteiger partial charge < -0.3 is 15.2 Å². The summed E-state index contributed by atoms with van der Waals surface area (Å²) in [7, 11) is 1.17. The fourth-order valence-corrected chi connectivity index (χ4v) is 1.10. The molecule has 1 rings (SSSR count). The van der Waals surface area contributed by atoms with Crippen LogP contribution in [0.4, 0.5) is 0 Å². The van der Waals surface area contributed by atoms with E-state index in [4.69, 9.17) is 0 Å². The average Bonchev–Trinajstić information content (AvgIpc) is 2.35. The molecule has 0 radical (unpaired) electrons. The summed E-state index contributed by atoms with van der Waals surface area (Å²) in [6.45, 7) is -0.166. The van der Waals surface area contributed by atoms with Crippen LogP contribution < -0.4 is 5.32 Å². The van der Waals surface area contributed by atoms with E-state index in [0.717, 1.165) is 0 Å². The topological polar surface area (TPSA) is 75.6 Å². The van der Waals surface area contributed by atoms with Gasteiger partial charge in [0.2, 0.25) is 0 Å². The van der Waals surface area contributed by atoms with Crippen LogP contribution in [0.5, 0.6) is 0 Å². The Hall–Kier alpha value is -1.88. The van der Waals surface area contributed by atoms with Crippen LogP contribution >= 0.6 is 0 Å². The quantitative estimate of drug-likeness (QED) is 0.702. The molecular weight excluding hydrogens is 210 g/mol. The van der Waals surface area contributed by atoms with Gasteiger partial charge in [-0.2, -0.15) is 0 Å². The molecule has 0 saturated carbocycles. The van der Waals surface area contributed by atoms with Crippen molar-refractivity contribution >= 4 is 11.9 Å². The van der Waals surface area contributed by atoms with E-state index in [1.54, 1.807) is 30.3 Å². The number of aliphatic hydroxyl groups is 1. The highest BCUT2D eigenvalue weighted by Crippen LogP contribution is 1.97. The van der Waals surface area contributed by atoms with E-state index in [9.17, 15) is 14.7 Å². The Labute approximate surface area is 93.0 Å². The molecule has 0 aromatic heterocycles. The van der Waals surface area contributed by atoms with Gasteiger partial charge in [-0.25, -0.2) is 4.79 Å². The zero-order valence-electron chi connectivity index (χ0n) is 8.84. The summed E-state index contributed by atoms with van der Waals surface area (Å²) in [6, 6.07) is 8.52. The van der Waals surface area contributed by atoms with Crippen LogP contribution in [0.25, 0.3) is 0 Å². The summed E-state index contributed by atoms with van der Waals surface area (Å²) >= 11 is 0. The smallest absolute Gasteiger partial charge is 0.336 e. The van der Waals surface area contributed by atoms with Crippen LogP contribution in [-0.4, -0.2) is 36.7 Å². The maximum Gasteiger partial charge on any atom is 0.336 e. The van der Waals surface area contributed by atoms with Crippen LogP contribution in [0.1, 0.15) is 10.4 Å². The van der Waals surface area contributed by atoms with Crippen molar-refractivity contribution in [2.45, 2.75) is 6.10 Å². The Morgan fingerprint density at radius 2 is 2.00 bits per heavy atom. The molecule has 0 unspecified atom stereocenters. The molecule has 0 bridgehead atoms. The van der Waals surface area contributed by atoms with Crippen molar-refractivity contribution in [1.82, 2.24) is 5.32 Å². The van der Waals surface area contributed by atoms with Crippen molar-refractivity contribution in [3.63, 3.8) is 0 Å². The van der Waals surface area contributed by atoms with Crippen molar-refractivity contribution in [1.29, 1.82) is 0 Å². The molecule has 0 spiro atoms. The summed E-state index contributed by atoms with van der Waals surface area (Å²) in [5.41, 5.74) is 0.472. The number of carbonyl (C=O) groups is 2. The lowest BCUT2D eigenvalue weighted by Gasteiger charge is -2.09. The highest BCUT2D eigenvalue weighted by Gasteiger charge is 2.16. The SMILES string of the molecule is COC(=O)[C@H](O)CNC(=O)c1ccccc1. The summed E-state index contributed by atoms with van der Waals surface area (Å²) in [6.07, 6.45) is -1.34. The fourth-order valence-electron chi connectivity index (χ4n) is 1.10. The third-order valence-electron chi connectivity index (χ3n) is 1.97. The molecule has 5 nitrogen and oxygen atoms in total. The molecule has 0 aliphatic carbocycles. The molecule has 2 N–H and O–H groups in total. The molecule has 0 aliphatic heterocycles. The molecule has 5 heteroatoms. The third-order valence-corrected chi connectivity index (χ3v) is 1.97. The van der Waals surface area contributed by atoms with Gasteiger partial charge in [-0.05, 0) is 12.1 Å². The van der Waals surface area contributed by atoms with Crippen LogP contribution in [0.2, 0.25) is 0 Å². The van der Waals surface area contributed by atoms with E-state index >= 15 is 0 Å². The number of aliphatic hydroxyl groups excluding tert-OH is 1. The van der Waals surface area contributed by atoms with Gasteiger partial charge in [-0.15, -0.1) is 0 Å². The first kappa shape index (κ1) is 12.2. The van der Waals surface area contributed by atoms with Gasteiger partial charge in [0.05, 0.1) is 13.7 Å². The number of benzene rings is 1. The van der Waals surface area contributed by atoms with Crippen molar-refractivity contribution in [3.8, 4) is 0 Å². The first-order valence-corrected chi connectivity index (χ1v) is 4.74. The number of hydrogen-bond donors (Lipinski definition) is 2. The van der Waals surface area contributed by atoms with Gasteiger partial charge in [0, 0.05) is 5.56 Å². The minimum absolute atomic E-state index is 0.166. The zero-order valence-corrected chi connectivity index (χ0v) is 8.84. The lowest BCUT2D eigenvalue weighted by atomic mass is 10.2. The van der Waals surface area contributed by atoms with Gasteiger partial charge in [0.1, 0.15) is 0 Å². The number of esters is 1. The summed E-state index contributed by atoms with van der Waals surface area (Å²) < 4.78 is 4.31. The first-order valence-electron chi connectivity index (χ1n) is 4.74. The predicted molar refractivity (Wildman–Crippen MR) is 56.8 cm³/mol. The fraction of sp³-hybridized carbons (Fsp3) is 0.273. The number of carbonyl (C=O) groups excluding carboxylic acids is 2. The summed E-state index contributed by atoms with van der Waals surface area (Å²) in [4.78, 5) is 22.3. The third kappa shape index (κ3) is 3.36. The second kappa shape index (κ2) is 5.87. The van der Waals surface area contributed by atoms with Gasteiger partial charge in [0.25, 0.3) is 5.91 Å². The van der Waals surface area contributed by atoms with Crippen molar-refractivity contribution in [2.75, 3.05) is 13.7 Å². The second-order valence-corrected chi connectivity index (χ2v) is 3.12. The molecule has 1 aromatic carbocycles. The molecule has 1 aromatic rings. The molecule has 0 aliphatic rings. The van der Waals surface area contributed by atoms with Crippen LogP contribution in [-0.2, 0) is 9.53 Å². The lowest BCUT2D eigenvalue weighted by molar-refractivity contribution is -0.149. The van der Waals surface area contributed by atoms with Crippen molar-refractivity contribution in [3.05, 3.63) is 35.9 Å². The number of hydrogen-bond acceptors (Lipinski definition) is 4. The standard InChI is InChI=1S/C11H13NO4/c1-16-11(15)9(13)7-12-10(14)8-5-3-2-4-6-8/h2-6,9,13H,7H2,1H3,(H,12,14)/t9-/m1/s1. The maximum atomic E-state index is 11.5. The lowest BCUT2D eigenvalue weighted by Crippen LogP contribution is -2.37. The van der Waals surface area contributed by atoms with Crippen LogP contribution in [0, 0.1) is 0 Å². The Kier molecular flexibility index (Phi) is 4.47. The van der Waals surface area contributed by atoms with Gasteiger partial charge >= 0.3 is 5.97 Å². The van der Waals surface area contributed by atoms with Gasteiger partial charge in [-0.3, -0.25) is 4.79 Å². The van der Waals surface area contributed by atoms with Crippen molar-refractivity contribution < 1.29 is 19.4 Å². The van der Waals surface area contributed by atoms with Crippen LogP contribution in [0.15, 0.2) is 30.3 Å². The predicted octanol–water partition coefficient (Wildman–Crippen LogP) is -0.0497. The summed E-state index contributed by atoms with van der Waals surface area (Å²) in [5, 5.41) is 11.6. The second-order valence-electron chi connectivity index (χ2n) is 3.12. The number of amides is 1. The molecule has 0 fully saturated rings. The van der Waals surface area contributed by atoms with Gasteiger partial charge in [0.15, 0.2) is 6.10 Å². The highest BCUT2D eigenvalue weighted by atomic mass is 16.5. The highest BCUT2D eigenvalue weighted by molar-refractivity contribution is 5.94. The molecule has 86 valence electrons. The number of nitrogens with one attached hydrogen (secondary N) is 1. The number of ether oxygens (including phenoxy) is 1. The molecule has 16 heavy (non-hydrogen) atoms. The van der Waals surface area contributed by atoms with Crippen molar-refractivity contribution in [2.24, 2.45) is 0 Å². The maximum absolute atomic E-state index is 11.5. The molecule has 0 heterocycles. The molecule has 0 saturated heterocycles. The van der Waals surface area contributed by atoms with E-state index < -0.39 is 12.1 Å². The Bertz CT molecular complexity index is 364. The van der Waals surface area contributed by atoms with Gasteiger partial charge in [-0.1, -0.05) is 18.2 Å². The van der Waals surface area contributed by atoms with E-state index in [2.05, 4.69) is 10.1 Å². The normalized spacial score (nSPS) is 11.6. The Balaban J connectivity index is 2.45. The Morgan fingerprint density at radius 3 is 2.56 bits per heavy atom. The average molecular weight is 223 g/mol. The number of rotatable bonds is 4. The molecule has 1 atom stereocenters. The van der Waals surface area contributed by atoms with Crippen LogP contribution in [0.3, 0.4) is 0 Å². The van der Waals surface area contributed by atoms with E-state index in [1.165, 1.54) is 7.11 Å².